The van der Waals surface area contributed by atoms with Gasteiger partial charge in [0, 0.05) is 5.56 Å². The Morgan fingerprint density at radius 3 is 2.29 bits per heavy atom. The second-order valence-corrected chi connectivity index (χ2v) is 7.72. The number of nitrogens with one attached hydrogen (secondary N) is 1. The molecule has 8 nitrogen and oxygen atoms in total. The number of hydrogen-bond donors (Lipinski definition) is 1. The molecule has 0 radical (unpaired) electrons. The summed E-state index contributed by atoms with van der Waals surface area (Å²) in [5, 5.41) is 2.54. The van der Waals surface area contributed by atoms with Crippen molar-refractivity contribution in [2.45, 2.75) is 13.8 Å². The van der Waals surface area contributed by atoms with E-state index in [4.69, 9.17) is 4.74 Å². The zero-order valence-corrected chi connectivity index (χ0v) is 18.5. The molecule has 0 saturated heterocycles. The molecule has 0 spiro atoms. The van der Waals surface area contributed by atoms with Crippen LogP contribution in [0.1, 0.15) is 53.9 Å². The maximum absolute atomic E-state index is 13.0. The van der Waals surface area contributed by atoms with E-state index < -0.39 is 30.3 Å². The molecule has 34 heavy (non-hydrogen) atoms. The van der Waals surface area contributed by atoms with Crippen LogP contribution in [0.4, 0.5) is 11.4 Å². The third-order valence-corrected chi connectivity index (χ3v) is 5.39. The van der Waals surface area contributed by atoms with Gasteiger partial charge in [0.1, 0.15) is 0 Å². The number of para-hydroxylation sites is 2. The van der Waals surface area contributed by atoms with E-state index in [0.717, 1.165) is 10.5 Å². The number of carbonyl (C=O) groups excluding carboxylic acids is 5. The number of rotatable bonds is 6. The molecule has 0 atom stereocenters. The first-order chi connectivity index (χ1) is 16.3. The van der Waals surface area contributed by atoms with Gasteiger partial charge < -0.3 is 10.1 Å². The average molecular weight is 456 g/mol. The molecule has 1 aliphatic heterocycles. The molecule has 0 unspecified atom stereocenters. The van der Waals surface area contributed by atoms with E-state index in [1.807, 2.05) is 0 Å². The van der Waals surface area contributed by atoms with Crippen LogP contribution in [-0.2, 0) is 9.53 Å². The minimum atomic E-state index is -0.826. The maximum Gasteiger partial charge on any atom is 0.338 e. The van der Waals surface area contributed by atoms with Crippen molar-refractivity contribution in [3.8, 4) is 0 Å². The lowest BCUT2D eigenvalue weighted by atomic mass is 10.1. The van der Waals surface area contributed by atoms with Gasteiger partial charge in [-0.05, 0) is 55.8 Å². The predicted octanol–water partition coefficient (Wildman–Crippen LogP) is 3.79. The summed E-state index contributed by atoms with van der Waals surface area (Å²) in [6, 6.07) is 17.5. The van der Waals surface area contributed by atoms with Gasteiger partial charge in [-0.2, -0.15) is 0 Å². The lowest BCUT2D eigenvalue weighted by molar-refractivity contribution is -0.119. The number of ketones is 1. The van der Waals surface area contributed by atoms with E-state index in [-0.39, 0.29) is 22.5 Å². The minimum absolute atomic E-state index is 0.0310. The number of ether oxygens (including phenoxy) is 1. The van der Waals surface area contributed by atoms with Crippen LogP contribution in [0.2, 0.25) is 0 Å². The lowest BCUT2D eigenvalue weighted by Gasteiger charge is -2.16. The molecule has 3 aromatic carbocycles. The van der Waals surface area contributed by atoms with Crippen molar-refractivity contribution in [2.75, 3.05) is 16.8 Å². The summed E-state index contributed by atoms with van der Waals surface area (Å²) in [5.41, 5.74) is 2.18. The smallest absolute Gasteiger partial charge is 0.338 e. The van der Waals surface area contributed by atoms with Gasteiger partial charge in [0.15, 0.2) is 12.4 Å². The van der Waals surface area contributed by atoms with Gasteiger partial charge >= 0.3 is 5.97 Å². The average Bonchev–Trinajstić information content (AvgIpc) is 3.07. The van der Waals surface area contributed by atoms with Crippen molar-refractivity contribution in [1.82, 2.24) is 0 Å². The Morgan fingerprint density at radius 2 is 1.56 bits per heavy atom. The molecule has 0 saturated carbocycles. The van der Waals surface area contributed by atoms with E-state index in [2.05, 4.69) is 5.32 Å². The highest BCUT2D eigenvalue weighted by Crippen LogP contribution is 2.31. The Bertz CT molecular complexity index is 1360. The number of hydrogen-bond acceptors (Lipinski definition) is 6. The number of amides is 3. The number of carbonyl (C=O) groups is 5. The van der Waals surface area contributed by atoms with Crippen molar-refractivity contribution in [3.63, 3.8) is 0 Å². The molecular formula is C26H20N2O6. The van der Waals surface area contributed by atoms with Gasteiger partial charge in [-0.25, -0.2) is 9.69 Å². The van der Waals surface area contributed by atoms with Crippen LogP contribution in [0, 0.1) is 6.92 Å². The zero-order chi connectivity index (χ0) is 24.4. The Kier molecular flexibility index (Phi) is 6.05. The van der Waals surface area contributed by atoms with Gasteiger partial charge in [-0.1, -0.05) is 30.3 Å². The molecular weight excluding hydrogens is 436 g/mol. The van der Waals surface area contributed by atoms with E-state index in [1.165, 1.54) is 25.1 Å². The van der Waals surface area contributed by atoms with Gasteiger partial charge in [-0.3, -0.25) is 19.2 Å². The monoisotopic (exact) mass is 456 g/mol. The number of anilines is 2. The fraction of sp³-hybridized carbons (Fsp3) is 0.115. The summed E-state index contributed by atoms with van der Waals surface area (Å²) in [4.78, 5) is 63.3. The minimum Gasteiger partial charge on any atom is -0.452 e. The first-order valence-corrected chi connectivity index (χ1v) is 10.4. The summed E-state index contributed by atoms with van der Waals surface area (Å²) in [7, 11) is 0. The topological polar surface area (TPSA) is 110 Å². The SMILES string of the molecule is CC(=O)c1ccccc1NC(=O)COC(=O)c1ccc2c(c1)C(=O)N(c1ccccc1C)C2=O. The molecule has 8 heteroatoms. The third kappa shape index (κ3) is 4.21. The van der Waals surface area contributed by atoms with E-state index in [0.29, 0.717) is 16.9 Å². The second kappa shape index (κ2) is 9.11. The van der Waals surface area contributed by atoms with Crippen LogP contribution in [0.15, 0.2) is 66.7 Å². The Hall–Kier alpha value is -4.59. The summed E-state index contributed by atoms with van der Waals surface area (Å²) >= 11 is 0. The van der Waals surface area contributed by atoms with Crippen LogP contribution >= 0.6 is 0 Å². The summed E-state index contributed by atoms with van der Waals surface area (Å²) in [6.45, 7) is 2.58. The van der Waals surface area contributed by atoms with E-state index in [1.54, 1.807) is 55.5 Å². The van der Waals surface area contributed by atoms with Gasteiger partial charge in [0.25, 0.3) is 17.7 Å². The largest absolute Gasteiger partial charge is 0.452 e. The zero-order valence-electron chi connectivity index (χ0n) is 18.5. The molecule has 0 bridgehead atoms. The summed E-state index contributed by atoms with van der Waals surface area (Å²) in [5.74, 6) is -2.68. The molecule has 0 aliphatic carbocycles. The first kappa shape index (κ1) is 22.6. The van der Waals surface area contributed by atoms with Crippen LogP contribution in [0.3, 0.4) is 0 Å². The van der Waals surface area contributed by atoms with Crippen molar-refractivity contribution >= 4 is 40.8 Å². The van der Waals surface area contributed by atoms with Crippen molar-refractivity contribution in [3.05, 3.63) is 94.5 Å². The van der Waals surface area contributed by atoms with Crippen LogP contribution in [0.5, 0.6) is 0 Å². The number of benzene rings is 3. The third-order valence-electron chi connectivity index (χ3n) is 5.39. The van der Waals surface area contributed by atoms with Crippen LogP contribution in [-0.4, -0.2) is 36.1 Å². The fourth-order valence-corrected chi connectivity index (χ4v) is 3.70. The maximum atomic E-state index is 13.0. The molecule has 1 aliphatic rings. The predicted molar refractivity (Wildman–Crippen MR) is 124 cm³/mol. The summed E-state index contributed by atoms with van der Waals surface area (Å²) < 4.78 is 5.07. The number of aryl methyl sites for hydroxylation is 1. The standard InChI is InChI=1S/C26H20N2O6/c1-15-7-3-6-10-22(15)28-24(31)19-12-11-17(13-20(19)25(28)32)26(33)34-14-23(30)27-21-9-5-4-8-18(21)16(2)29/h3-13H,14H2,1-2H3,(H,27,30). The summed E-state index contributed by atoms with van der Waals surface area (Å²) in [6.07, 6.45) is 0. The van der Waals surface area contributed by atoms with Gasteiger partial charge in [0.05, 0.1) is 28.1 Å². The van der Waals surface area contributed by atoms with E-state index in [9.17, 15) is 24.0 Å². The van der Waals surface area contributed by atoms with Crippen molar-refractivity contribution < 1.29 is 28.7 Å². The Labute approximate surface area is 195 Å². The number of Topliss-reactive ketones (excluding diaryl/α,β-unsaturated/α-hetero) is 1. The Morgan fingerprint density at radius 1 is 0.882 bits per heavy atom. The van der Waals surface area contributed by atoms with Crippen LogP contribution in [0.25, 0.3) is 0 Å². The molecule has 170 valence electrons. The normalized spacial score (nSPS) is 12.4. The molecule has 1 heterocycles. The van der Waals surface area contributed by atoms with Gasteiger partial charge in [0.2, 0.25) is 0 Å². The van der Waals surface area contributed by atoms with Crippen molar-refractivity contribution in [2.24, 2.45) is 0 Å². The highest BCUT2D eigenvalue weighted by molar-refractivity contribution is 6.35. The van der Waals surface area contributed by atoms with Crippen LogP contribution < -0.4 is 10.2 Å². The molecule has 3 aromatic rings. The lowest BCUT2D eigenvalue weighted by Crippen LogP contribution is -2.29. The molecule has 0 fully saturated rings. The van der Waals surface area contributed by atoms with Gasteiger partial charge in [-0.15, -0.1) is 0 Å². The number of fused-ring (bicyclic) bond motifs is 1. The first-order valence-electron chi connectivity index (χ1n) is 10.4. The van der Waals surface area contributed by atoms with Crippen molar-refractivity contribution in [1.29, 1.82) is 0 Å². The molecule has 4 rings (SSSR count). The second-order valence-electron chi connectivity index (χ2n) is 7.72. The molecule has 0 aromatic heterocycles. The fourth-order valence-electron chi connectivity index (χ4n) is 3.70. The molecule has 1 N–H and O–H groups in total. The quantitative estimate of drug-likeness (QED) is 0.343. The number of nitrogens with zero attached hydrogens (tertiary/aromatic N) is 1. The highest BCUT2D eigenvalue weighted by Gasteiger charge is 2.37. The highest BCUT2D eigenvalue weighted by atomic mass is 16.5. The van der Waals surface area contributed by atoms with E-state index >= 15 is 0 Å². The number of esters is 1. The Balaban J connectivity index is 1.46. The number of imide groups is 1. The molecule has 3 amide bonds.